The maximum atomic E-state index is 12.6. The number of likely N-dealkylation sites (N-methyl/N-ethyl adjacent to an activating group) is 1. The van der Waals surface area contributed by atoms with E-state index in [0.717, 1.165) is 25.7 Å². The lowest BCUT2D eigenvalue weighted by Gasteiger charge is -2.33. The van der Waals surface area contributed by atoms with Crippen LogP contribution in [0.5, 0.6) is 0 Å². The van der Waals surface area contributed by atoms with Gasteiger partial charge in [0.1, 0.15) is 0 Å². The second-order valence-corrected chi connectivity index (χ2v) is 6.88. The third-order valence-electron chi connectivity index (χ3n) is 4.84. The molecule has 4 nitrogen and oxygen atoms in total. The minimum Gasteiger partial charge on any atom is -0.354 e. The number of rotatable bonds is 6. The molecule has 0 aromatic heterocycles. The normalized spacial score (nSPS) is 20.8. The van der Waals surface area contributed by atoms with Crippen molar-refractivity contribution in [2.45, 2.75) is 58.4 Å². The zero-order valence-corrected chi connectivity index (χ0v) is 13.7. The molecule has 0 aromatic carbocycles. The molecule has 1 aliphatic carbocycles. The van der Waals surface area contributed by atoms with Crippen LogP contribution in [-0.4, -0.2) is 44.0 Å². The van der Waals surface area contributed by atoms with Gasteiger partial charge < -0.3 is 16.0 Å². The van der Waals surface area contributed by atoms with Crippen molar-refractivity contribution in [2.24, 2.45) is 17.1 Å². The number of carbonyl (C=O) groups excluding carboxylic acids is 1. The summed E-state index contributed by atoms with van der Waals surface area (Å²) in [6.45, 7) is 5.58. The fourth-order valence-electron chi connectivity index (χ4n) is 3.33. The molecule has 1 unspecified atom stereocenters. The van der Waals surface area contributed by atoms with Crippen molar-refractivity contribution in [1.29, 1.82) is 0 Å². The van der Waals surface area contributed by atoms with Crippen LogP contribution >= 0.6 is 0 Å². The van der Waals surface area contributed by atoms with Crippen LogP contribution in [0.2, 0.25) is 0 Å². The van der Waals surface area contributed by atoms with Crippen molar-refractivity contribution in [3.63, 3.8) is 0 Å². The van der Waals surface area contributed by atoms with Gasteiger partial charge in [-0.15, -0.1) is 0 Å². The Bertz CT molecular complexity index is 286. The monoisotopic (exact) mass is 283 g/mol. The molecule has 0 saturated heterocycles. The van der Waals surface area contributed by atoms with E-state index >= 15 is 0 Å². The predicted molar refractivity (Wildman–Crippen MR) is 84.5 cm³/mol. The number of amides is 1. The second kappa shape index (κ2) is 7.99. The topological polar surface area (TPSA) is 58.4 Å². The van der Waals surface area contributed by atoms with Crippen LogP contribution < -0.4 is 11.1 Å². The van der Waals surface area contributed by atoms with Crippen molar-refractivity contribution < 1.29 is 4.79 Å². The average Bonchev–Trinajstić information content (AvgIpc) is 2.64. The summed E-state index contributed by atoms with van der Waals surface area (Å²) < 4.78 is 0. The molecule has 0 aliphatic heterocycles. The third kappa shape index (κ3) is 4.45. The quantitative estimate of drug-likeness (QED) is 0.733. The van der Waals surface area contributed by atoms with Crippen LogP contribution in [0.15, 0.2) is 0 Å². The van der Waals surface area contributed by atoms with Gasteiger partial charge in [-0.25, -0.2) is 0 Å². The first kappa shape index (κ1) is 17.4. The van der Waals surface area contributed by atoms with Gasteiger partial charge in [0.2, 0.25) is 5.91 Å². The minimum atomic E-state index is -0.315. The Balaban J connectivity index is 2.62. The molecule has 0 spiro atoms. The van der Waals surface area contributed by atoms with Crippen LogP contribution in [0.4, 0.5) is 0 Å². The van der Waals surface area contributed by atoms with E-state index in [-0.39, 0.29) is 11.3 Å². The Morgan fingerprint density at radius 1 is 1.20 bits per heavy atom. The first-order valence-corrected chi connectivity index (χ1v) is 8.08. The summed E-state index contributed by atoms with van der Waals surface area (Å²) in [5.74, 6) is 0.697. The van der Waals surface area contributed by atoms with Crippen molar-refractivity contribution in [2.75, 3.05) is 27.2 Å². The van der Waals surface area contributed by atoms with Gasteiger partial charge in [-0.1, -0.05) is 39.5 Å². The summed E-state index contributed by atoms with van der Waals surface area (Å²) >= 11 is 0. The average molecular weight is 283 g/mol. The maximum absolute atomic E-state index is 12.6. The van der Waals surface area contributed by atoms with Crippen LogP contribution in [0.3, 0.4) is 0 Å². The van der Waals surface area contributed by atoms with Gasteiger partial charge in [0.15, 0.2) is 0 Å². The first-order chi connectivity index (χ1) is 9.43. The fourth-order valence-corrected chi connectivity index (χ4v) is 3.33. The highest BCUT2D eigenvalue weighted by Crippen LogP contribution is 2.34. The van der Waals surface area contributed by atoms with E-state index in [4.69, 9.17) is 5.73 Å². The molecule has 3 N–H and O–H groups in total. The lowest BCUT2D eigenvalue weighted by molar-refractivity contribution is -0.131. The first-order valence-electron chi connectivity index (χ1n) is 8.08. The molecule has 1 atom stereocenters. The molecule has 118 valence electrons. The zero-order valence-electron chi connectivity index (χ0n) is 13.7. The Morgan fingerprint density at radius 2 is 1.75 bits per heavy atom. The Hall–Kier alpha value is -0.610. The molecular formula is C16H33N3O. The standard InChI is InChI=1S/C16H33N3O/c1-13(2)14(19(3)4)11-18-15(20)16(12-17)9-7-5-6-8-10-16/h13-14H,5-12,17H2,1-4H3,(H,18,20). The van der Waals surface area contributed by atoms with Gasteiger partial charge in [-0.05, 0) is 32.9 Å². The number of carbonyl (C=O) groups is 1. The van der Waals surface area contributed by atoms with Gasteiger partial charge in [0, 0.05) is 19.1 Å². The molecular weight excluding hydrogens is 250 g/mol. The van der Waals surface area contributed by atoms with Crippen LogP contribution in [0.25, 0.3) is 0 Å². The van der Waals surface area contributed by atoms with Gasteiger partial charge in [0.05, 0.1) is 5.41 Å². The molecule has 1 rings (SSSR count). The SMILES string of the molecule is CC(C)C(CNC(=O)C1(CN)CCCCCC1)N(C)C. The van der Waals surface area contributed by atoms with E-state index in [2.05, 4.69) is 38.2 Å². The fraction of sp³-hybridized carbons (Fsp3) is 0.938. The molecule has 0 aromatic rings. The van der Waals surface area contributed by atoms with Gasteiger partial charge >= 0.3 is 0 Å². The largest absolute Gasteiger partial charge is 0.354 e. The molecule has 1 fully saturated rings. The third-order valence-corrected chi connectivity index (χ3v) is 4.84. The lowest BCUT2D eigenvalue weighted by atomic mass is 9.79. The van der Waals surface area contributed by atoms with E-state index < -0.39 is 0 Å². The highest BCUT2D eigenvalue weighted by atomic mass is 16.2. The van der Waals surface area contributed by atoms with Crippen LogP contribution in [0.1, 0.15) is 52.4 Å². The number of nitrogens with zero attached hydrogens (tertiary/aromatic N) is 1. The number of nitrogens with two attached hydrogens (primary N) is 1. The molecule has 0 heterocycles. The van der Waals surface area contributed by atoms with E-state index in [1.165, 1.54) is 12.8 Å². The highest BCUT2D eigenvalue weighted by Gasteiger charge is 2.37. The Labute approximate surface area is 124 Å². The van der Waals surface area contributed by atoms with Crippen molar-refractivity contribution in [3.8, 4) is 0 Å². The Kier molecular flexibility index (Phi) is 6.96. The van der Waals surface area contributed by atoms with Crippen LogP contribution in [0, 0.1) is 11.3 Å². The lowest BCUT2D eigenvalue weighted by Crippen LogP contribution is -2.50. The molecule has 4 heteroatoms. The van der Waals surface area contributed by atoms with E-state index in [0.29, 0.717) is 25.0 Å². The molecule has 1 amide bonds. The van der Waals surface area contributed by atoms with Gasteiger partial charge in [-0.2, -0.15) is 0 Å². The summed E-state index contributed by atoms with van der Waals surface area (Å²) in [5, 5.41) is 3.17. The summed E-state index contributed by atoms with van der Waals surface area (Å²) in [7, 11) is 4.14. The highest BCUT2D eigenvalue weighted by molar-refractivity contribution is 5.83. The van der Waals surface area contributed by atoms with Crippen molar-refractivity contribution in [3.05, 3.63) is 0 Å². The minimum absolute atomic E-state index is 0.175. The predicted octanol–water partition coefficient (Wildman–Crippen LogP) is 1.99. The van der Waals surface area contributed by atoms with Crippen molar-refractivity contribution in [1.82, 2.24) is 10.2 Å². The summed E-state index contributed by atoms with van der Waals surface area (Å²) in [5.41, 5.74) is 5.65. The molecule has 0 radical (unpaired) electrons. The second-order valence-electron chi connectivity index (χ2n) is 6.88. The maximum Gasteiger partial charge on any atom is 0.227 e. The number of hydrogen-bond acceptors (Lipinski definition) is 3. The van der Waals surface area contributed by atoms with Gasteiger partial charge in [-0.3, -0.25) is 4.79 Å². The summed E-state index contributed by atoms with van der Waals surface area (Å²) in [6, 6.07) is 0.375. The molecule has 1 saturated carbocycles. The van der Waals surface area contributed by atoms with Gasteiger partial charge in [0.25, 0.3) is 0 Å². The number of nitrogens with one attached hydrogen (secondary N) is 1. The van der Waals surface area contributed by atoms with Crippen molar-refractivity contribution >= 4 is 5.91 Å². The number of hydrogen-bond donors (Lipinski definition) is 2. The van der Waals surface area contributed by atoms with Crippen LogP contribution in [-0.2, 0) is 4.79 Å². The molecule has 0 bridgehead atoms. The summed E-state index contributed by atoms with van der Waals surface area (Å²) in [4.78, 5) is 14.8. The molecule has 1 aliphatic rings. The van der Waals surface area contributed by atoms with E-state index in [1.807, 2.05) is 0 Å². The molecule has 20 heavy (non-hydrogen) atoms. The summed E-state index contributed by atoms with van der Waals surface area (Å²) in [6.07, 6.45) is 6.63. The Morgan fingerprint density at radius 3 is 2.15 bits per heavy atom. The van der Waals surface area contributed by atoms with E-state index in [9.17, 15) is 4.79 Å². The smallest absolute Gasteiger partial charge is 0.227 e. The van der Waals surface area contributed by atoms with E-state index in [1.54, 1.807) is 0 Å². The zero-order chi connectivity index (χ0) is 15.2.